The van der Waals surface area contributed by atoms with Crippen LogP contribution >= 0.6 is 0 Å². The number of benzene rings is 1. The number of hydrogen-bond donors (Lipinski definition) is 2. The molecule has 1 spiro atoms. The van der Waals surface area contributed by atoms with Crippen LogP contribution in [-0.2, 0) is 9.63 Å². The van der Waals surface area contributed by atoms with Gasteiger partial charge in [-0.1, -0.05) is 35.5 Å². The lowest BCUT2D eigenvalue weighted by Gasteiger charge is -2.31. The molecule has 126 valence electrons. The molecule has 0 aromatic heterocycles. The lowest BCUT2D eigenvalue weighted by molar-refractivity contribution is -0.192. The van der Waals surface area contributed by atoms with Crippen LogP contribution in [0, 0.1) is 0 Å². The summed E-state index contributed by atoms with van der Waals surface area (Å²) in [5, 5.41) is 14.8. The molecule has 2 heterocycles. The number of carboxylic acids is 1. The monoisotopic (exact) mass is 330 g/mol. The molecule has 1 fully saturated rings. The summed E-state index contributed by atoms with van der Waals surface area (Å²) in [6, 6.07) is 10.3. The fourth-order valence-electron chi connectivity index (χ4n) is 2.48. The van der Waals surface area contributed by atoms with Crippen LogP contribution in [0.5, 0.6) is 0 Å². The first-order chi connectivity index (χ1) is 10.8. The average Bonchev–Trinajstić information content (AvgIpc) is 2.92. The second-order valence-electron chi connectivity index (χ2n) is 5.44. The fourth-order valence-corrected chi connectivity index (χ4v) is 2.48. The number of rotatable bonds is 1. The maximum absolute atomic E-state index is 10.6. The predicted octanol–water partition coefficient (Wildman–Crippen LogP) is 2.57. The number of piperidine rings is 1. The van der Waals surface area contributed by atoms with Gasteiger partial charge in [0.05, 0.1) is 5.71 Å². The topological polar surface area (TPSA) is 70.9 Å². The number of carbonyl (C=O) groups is 1. The molecule has 0 saturated carbocycles. The smallest absolute Gasteiger partial charge is 0.475 e. The van der Waals surface area contributed by atoms with Gasteiger partial charge in [0, 0.05) is 13.0 Å². The summed E-state index contributed by atoms with van der Waals surface area (Å²) in [6.07, 6.45) is -1.86. The van der Waals surface area contributed by atoms with Crippen LogP contribution in [0.15, 0.2) is 35.5 Å². The summed E-state index contributed by atoms with van der Waals surface area (Å²) < 4.78 is 31.7. The van der Waals surface area contributed by atoms with Gasteiger partial charge in [0.2, 0.25) is 0 Å². The highest BCUT2D eigenvalue weighted by Gasteiger charge is 2.40. The number of oxime groups is 1. The Kier molecular flexibility index (Phi) is 5.25. The molecule has 5 nitrogen and oxygen atoms in total. The van der Waals surface area contributed by atoms with Crippen molar-refractivity contribution in [2.24, 2.45) is 5.16 Å². The van der Waals surface area contributed by atoms with E-state index in [0.29, 0.717) is 0 Å². The molecule has 23 heavy (non-hydrogen) atoms. The largest absolute Gasteiger partial charge is 0.490 e. The van der Waals surface area contributed by atoms with E-state index >= 15 is 0 Å². The van der Waals surface area contributed by atoms with Crippen molar-refractivity contribution >= 4 is 11.7 Å². The Morgan fingerprint density at radius 1 is 1.30 bits per heavy atom. The van der Waals surface area contributed by atoms with E-state index in [1.165, 1.54) is 12.0 Å². The number of hydrogen-bond acceptors (Lipinski definition) is 4. The molecule has 1 saturated heterocycles. The van der Waals surface area contributed by atoms with Crippen LogP contribution in [0.3, 0.4) is 0 Å². The Morgan fingerprint density at radius 3 is 2.48 bits per heavy atom. The highest BCUT2D eigenvalue weighted by Crippen LogP contribution is 2.32. The van der Waals surface area contributed by atoms with Crippen molar-refractivity contribution in [1.29, 1.82) is 0 Å². The minimum Gasteiger partial charge on any atom is -0.475 e. The van der Waals surface area contributed by atoms with Gasteiger partial charge in [-0.3, -0.25) is 0 Å². The molecule has 3 rings (SSSR count). The minimum atomic E-state index is -5.08. The van der Waals surface area contributed by atoms with E-state index in [1.807, 2.05) is 18.2 Å². The standard InChI is InChI=1S/C13H16N2O.C2HF3O2/c1-2-5-11(6-3-1)12-9-13(16-15-12)7-4-8-14-10-13;3-2(4,5)1(6)7/h1-3,5-6,14H,4,7-10H2;(H,6,7). The number of carboxylic acid groups (broad SMARTS) is 1. The van der Waals surface area contributed by atoms with Crippen molar-refractivity contribution in [2.75, 3.05) is 13.1 Å². The summed E-state index contributed by atoms with van der Waals surface area (Å²) >= 11 is 0. The van der Waals surface area contributed by atoms with E-state index in [-0.39, 0.29) is 5.60 Å². The molecule has 1 aromatic carbocycles. The van der Waals surface area contributed by atoms with Crippen molar-refractivity contribution in [3.8, 4) is 0 Å². The van der Waals surface area contributed by atoms with Crippen LogP contribution in [0.1, 0.15) is 24.8 Å². The van der Waals surface area contributed by atoms with E-state index < -0.39 is 12.1 Å². The average molecular weight is 330 g/mol. The van der Waals surface area contributed by atoms with Crippen LogP contribution in [-0.4, -0.2) is 41.7 Å². The second kappa shape index (κ2) is 6.99. The van der Waals surface area contributed by atoms with Crippen LogP contribution in [0.4, 0.5) is 13.2 Å². The van der Waals surface area contributed by atoms with Crippen molar-refractivity contribution in [3.63, 3.8) is 0 Å². The quantitative estimate of drug-likeness (QED) is 0.830. The first kappa shape index (κ1) is 17.3. The van der Waals surface area contributed by atoms with E-state index in [4.69, 9.17) is 14.7 Å². The van der Waals surface area contributed by atoms with E-state index in [2.05, 4.69) is 22.6 Å². The molecular weight excluding hydrogens is 313 g/mol. The molecule has 8 heteroatoms. The van der Waals surface area contributed by atoms with Gasteiger partial charge in [0.1, 0.15) is 0 Å². The van der Waals surface area contributed by atoms with Gasteiger partial charge in [-0.05, 0) is 24.9 Å². The van der Waals surface area contributed by atoms with Gasteiger partial charge >= 0.3 is 12.1 Å². The molecule has 0 amide bonds. The van der Waals surface area contributed by atoms with Gasteiger partial charge in [-0.15, -0.1) is 0 Å². The first-order valence-corrected chi connectivity index (χ1v) is 7.14. The lowest BCUT2D eigenvalue weighted by Crippen LogP contribution is -2.45. The van der Waals surface area contributed by atoms with Gasteiger partial charge < -0.3 is 15.3 Å². The molecule has 0 radical (unpaired) electrons. The maximum atomic E-state index is 10.6. The van der Waals surface area contributed by atoms with E-state index in [1.54, 1.807) is 0 Å². The number of nitrogens with one attached hydrogen (secondary N) is 1. The van der Waals surface area contributed by atoms with Crippen molar-refractivity contribution in [2.45, 2.75) is 31.0 Å². The SMILES string of the molecule is O=C(O)C(F)(F)F.c1ccc(C2=NOC3(CCCNC3)C2)cc1. The van der Waals surface area contributed by atoms with Gasteiger partial charge in [0.15, 0.2) is 5.60 Å². The highest BCUT2D eigenvalue weighted by atomic mass is 19.4. The zero-order valence-electron chi connectivity index (χ0n) is 12.3. The number of halogens is 3. The fraction of sp³-hybridized carbons (Fsp3) is 0.467. The molecule has 2 aliphatic heterocycles. The molecule has 0 aliphatic carbocycles. The second-order valence-corrected chi connectivity index (χ2v) is 5.44. The summed E-state index contributed by atoms with van der Waals surface area (Å²) in [5.41, 5.74) is 2.21. The van der Waals surface area contributed by atoms with Gasteiger partial charge in [-0.25, -0.2) is 4.79 Å². The Morgan fingerprint density at radius 2 is 1.96 bits per heavy atom. The number of alkyl halides is 3. The first-order valence-electron chi connectivity index (χ1n) is 7.14. The molecule has 0 bridgehead atoms. The van der Waals surface area contributed by atoms with Crippen molar-refractivity contribution < 1.29 is 27.9 Å². The third kappa shape index (κ3) is 4.69. The summed E-state index contributed by atoms with van der Waals surface area (Å²) in [5.74, 6) is -2.76. The van der Waals surface area contributed by atoms with E-state index in [9.17, 15) is 13.2 Å². The Bertz CT molecular complexity index is 567. The van der Waals surface area contributed by atoms with Gasteiger partial charge in [0.25, 0.3) is 0 Å². The normalized spacial score (nSPS) is 23.5. The Hall–Kier alpha value is -2.09. The zero-order valence-corrected chi connectivity index (χ0v) is 12.3. The molecular formula is C15H17F3N2O3. The van der Waals surface area contributed by atoms with E-state index in [0.717, 1.165) is 31.6 Å². The Balaban J connectivity index is 0.000000236. The van der Waals surface area contributed by atoms with Crippen LogP contribution in [0.2, 0.25) is 0 Å². The predicted molar refractivity (Wildman–Crippen MR) is 77.2 cm³/mol. The van der Waals surface area contributed by atoms with Crippen molar-refractivity contribution in [3.05, 3.63) is 35.9 Å². The third-order valence-electron chi connectivity index (χ3n) is 3.62. The highest BCUT2D eigenvalue weighted by molar-refractivity contribution is 6.01. The van der Waals surface area contributed by atoms with Crippen LogP contribution in [0.25, 0.3) is 0 Å². The number of aliphatic carboxylic acids is 1. The molecule has 1 aromatic rings. The molecule has 2 N–H and O–H groups in total. The summed E-state index contributed by atoms with van der Waals surface area (Å²) in [6.45, 7) is 2.03. The summed E-state index contributed by atoms with van der Waals surface area (Å²) in [4.78, 5) is 14.6. The lowest BCUT2D eigenvalue weighted by atomic mass is 9.88. The van der Waals surface area contributed by atoms with Crippen molar-refractivity contribution in [1.82, 2.24) is 5.32 Å². The van der Waals surface area contributed by atoms with Crippen LogP contribution < -0.4 is 5.32 Å². The maximum Gasteiger partial charge on any atom is 0.490 e. The molecule has 2 aliphatic rings. The zero-order chi connectivity index (χ0) is 16.9. The summed E-state index contributed by atoms with van der Waals surface area (Å²) in [7, 11) is 0. The molecule has 1 atom stereocenters. The number of nitrogens with zero attached hydrogens (tertiary/aromatic N) is 1. The Labute approximate surface area is 131 Å². The minimum absolute atomic E-state index is 0.0660. The van der Waals surface area contributed by atoms with Gasteiger partial charge in [-0.2, -0.15) is 13.2 Å². The third-order valence-corrected chi connectivity index (χ3v) is 3.62. The molecule has 1 unspecified atom stereocenters.